The van der Waals surface area contributed by atoms with E-state index >= 15 is 0 Å². The molecule has 0 radical (unpaired) electrons. The van der Waals surface area contributed by atoms with E-state index in [4.69, 9.17) is 9.47 Å². The van der Waals surface area contributed by atoms with Crippen molar-refractivity contribution >= 4 is 54.7 Å². The lowest BCUT2D eigenvalue weighted by Crippen LogP contribution is -2.47. The molecule has 0 unspecified atom stereocenters. The summed E-state index contributed by atoms with van der Waals surface area (Å²) in [5.74, 6) is -0.303. The van der Waals surface area contributed by atoms with E-state index in [1.54, 1.807) is 18.2 Å². The summed E-state index contributed by atoms with van der Waals surface area (Å²) in [6.45, 7) is 3.03. The van der Waals surface area contributed by atoms with Gasteiger partial charge in [-0.3, -0.25) is 19.7 Å². The highest BCUT2D eigenvalue weighted by atomic mass is 79.9. The maximum atomic E-state index is 13.2. The minimum Gasteiger partial charge on any atom is -0.489 e. The van der Waals surface area contributed by atoms with Gasteiger partial charge < -0.3 is 19.7 Å². The Labute approximate surface area is 251 Å². The Balaban J connectivity index is 1.17. The third kappa shape index (κ3) is 5.59. The number of carbonyl (C=O) groups is 2. The smallest absolute Gasteiger partial charge is 0.297 e. The molecular weight excluding hydrogens is 632 g/mol. The Kier molecular flexibility index (Phi) is 7.64. The van der Waals surface area contributed by atoms with Gasteiger partial charge in [0.15, 0.2) is 11.4 Å². The first-order valence-corrected chi connectivity index (χ1v) is 16.2. The quantitative estimate of drug-likeness (QED) is 0.342. The molecule has 12 nitrogen and oxygen atoms in total. The van der Waals surface area contributed by atoms with Gasteiger partial charge in [0.25, 0.3) is 21.6 Å². The Morgan fingerprint density at radius 2 is 1.86 bits per heavy atom. The van der Waals surface area contributed by atoms with E-state index in [2.05, 4.69) is 26.1 Å². The average Bonchev–Trinajstić information content (AvgIpc) is 2.96. The number of anilines is 2. The van der Waals surface area contributed by atoms with E-state index < -0.39 is 31.4 Å². The number of ether oxygens (including phenoxy) is 2. The van der Waals surface area contributed by atoms with Crippen LogP contribution >= 0.6 is 15.9 Å². The molecule has 1 aliphatic carbocycles. The van der Waals surface area contributed by atoms with E-state index in [1.165, 1.54) is 6.07 Å². The van der Waals surface area contributed by atoms with Gasteiger partial charge in [-0.05, 0) is 71.1 Å². The molecule has 3 fully saturated rings. The van der Waals surface area contributed by atoms with Crippen LogP contribution in [0.25, 0.3) is 0 Å². The number of sulfonamides is 1. The summed E-state index contributed by atoms with van der Waals surface area (Å²) in [6.07, 6.45) is 4.76. The molecule has 42 heavy (non-hydrogen) atoms. The molecule has 0 aromatic heterocycles. The van der Waals surface area contributed by atoms with Gasteiger partial charge >= 0.3 is 0 Å². The molecule has 2 aromatic carbocycles. The maximum Gasteiger partial charge on any atom is 0.297 e. The van der Waals surface area contributed by atoms with Crippen LogP contribution in [0, 0.1) is 21.4 Å². The number of nitro benzene ring substituents is 1. The maximum absolute atomic E-state index is 13.2. The molecule has 1 atom stereocenters. The zero-order chi connectivity index (χ0) is 29.6. The third-order valence-corrected chi connectivity index (χ3v) is 10.9. The summed E-state index contributed by atoms with van der Waals surface area (Å²) < 4.78 is 40.1. The number of hydrogen-bond acceptors (Lipinski definition) is 10. The standard InChI is InChI=1S/C28H31BrN4O8S/c29-22-11-18(32-7-5-28(6-8-32)14-19(34)15-28)1-2-21(22)27(35)31-42(38,39)20-12-24(33(36)37)26-25(13-20)41-16-23(30-26)17-3-9-40-10-4-17/h1-2,11-13,17,23,30H,3-10,14-16H2,(H,31,35)/t23-/m0/s1. The van der Waals surface area contributed by atoms with Crippen molar-refractivity contribution < 1.29 is 32.4 Å². The zero-order valence-corrected chi connectivity index (χ0v) is 25.2. The minimum absolute atomic E-state index is 0.0421. The van der Waals surface area contributed by atoms with Gasteiger partial charge in [-0.15, -0.1) is 0 Å². The Morgan fingerprint density at radius 3 is 2.50 bits per heavy atom. The highest BCUT2D eigenvalue weighted by Crippen LogP contribution is 2.47. The fraction of sp³-hybridized carbons (Fsp3) is 0.500. The summed E-state index contributed by atoms with van der Waals surface area (Å²) >= 11 is 3.40. The van der Waals surface area contributed by atoms with Crippen LogP contribution in [0.2, 0.25) is 0 Å². The number of Topliss-reactive ketones (excluding diaryl/α,β-unsaturated/α-hetero) is 1. The lowest BCUT2D eigenvalue weighted by Gasteiger charge is -2.47. The molecule has 4 aliphatic rings. The largest absolute Gasteiger partial charge is 0.489 e. The van der Waals surface area contributed by atoms with Crippen molar-refractivity contribution in [1.29, 1.82) is 0 Å². The minimum atomic E-state index is -4.48. The van der Waals surface area contributed by atoms with Crippen LogP contribution in [0.5, 0.6) is 5.75 Å². The predicted molar refractivity (Wildman–Crippen MR) is 156 cm³/mol. The number of hydrogen-bond donors (Lipinski definition) is 2. The van der Waals surface area contributed by atoms with Crippen molar-refractivity contribution in [2.75, 3.05) is 43.1 Å². The zero-order valence-electron chi connectivity index (χ0n) is 22.8. The molecule has 3 aliphatic heterocycles. The second-order valence-corrected chi connectivity index (χ2v) is 14.1. The van der Waals surface area contributed by atoms with Gasteiger partial charge in [0, 0.05) is 61.4 Å². The van der Waals surface area contributed by atoms with E-state index in [0.717, 1.165) is 50.5 Å². The number of benzene rings is 2. The molecule has 1 amide bonds. The van der Waals surface area contributed by atoms with Gasteiger partial charge in [0.05, 0.1) is 21.4 Å². The summed E-state index contributed by atoms with van der Waals surface area (Å²) in [4.78, 5) is 37.6. The van der Waals surface area contributed by atoms with Crippen molar-refractivity contribution in [3.8, 4) is 5.75 Å². The first-order chi connectivity index (χ1) is 20.0. The van der Waals surface area contributed by atoms with Crippen molar-refractivity contribution in [2.24, 2.45) is 11.3 Å². The number of nitrogens with zero attached hydrogens (tertiary/aromatic N) is 2. The number of nitrogens with one attached hydrogen (secondary N) is 2. The first kappa shape index (κ1) is 28.9. The van der Waals surface area contributed by atoms with E-state index in [9.17, 15) is 28.1 Å². The molecule has 2 aromatic rings. The molecule has 224 valence electrons. The summed E-state index contributed by atoms with van der Waals surface area (Å²) in [6, 6.07) is 7.03. The highest BCUT2D eigenvalue weighted by Gasteiger charge is 2.45. The summed E-state index contributed by atoms with van der Waals surface area (Å²) in [5, 5.41) is 15.1. The number of carbonyl (C=O) groups excluding carboxylic acids is 2. The topological polar surface area (TPSA) is 157 Å². The third-order valence-electron chi connectivity index (χ3n) is 8.90. The molecule has 0 bridgehead atoms. The van der Waals surface area contributed by atoms with Crippen LogP contribution in [-0.4, -0.2) is 64.0 Å². The second kappa shape index (κ2) is 11.1. The Morgan fingerprint density at radius 1 is 1.14 bits per heavy atom. The SMILES string of the molecule is O=C1CC2(CCN(c3ccc(C(=O)NS(=O)(=O)c4cc5c(c([N+](=O)[O-])c4)N[C@H](C4CCOCC4)CO5)c(Br)c3)CC2)C1. The Bertz CT molecular complexity index is 1540. The first-order valence-electron chi connectivity index (χ1n) is 14.0. The van der Waals surface area contributed by atoms with Crippen LogP contribution in [0.15, 0.2) is 39.7 Å². The molecular formula is C28H31BrN4O8S. The Hall–Kier alpha value is -3.23. The number of piperidine rings is 1. The lowest BCUT2D eigenvalue weighted by molar-refractivity contribution is -0.384. The summed E-state index contributed by atoms with van der Waals surface area (Å²) in [7, 11) is -4.48. The number of ketones is 1. The van der Waals surface area contributed by atoms with Crippen LogP contribution in [0.3, 0.4) is 0 Å². The fourth-order valence-corrected chi connectivity index (χ4v) is 7.96. The van der Waals surface area contributed by atoms with E-state index in [1.807, 2.05) is 4.72 Å². The summed E-state index contributed by atoms with van der Waals surface area (Å²) in [5.41, 5.74) is 0.801. The lowest BCUT2D eigenvalue weighted by atomic mass is 9.62. The van der Waals surface area contributed by atoms with Gasteiger partial charge in [-0.25, -0.2) is 13.1 Å². The monoisotopic (exact) mass is 662 g/mol. The molecule has 3 heterocycles. The number of nitro groups is 1. The number of rotatable bonds is 6. The highest BCUT2D eigenvalue weighted by molar-refractivity contribution is 9.10. The van der Waals surface area contributed by atoms with Gasteiger partial charge in [0.2, 0.25) is 0 Å². The number of fused-ring (bicyclic) bond motifs is 1. The van der Waals surface area contributed by atoms with Gasteiger partial charge in [-0.1, -0.05) is 0 Å². The molecule has 2 saturated heterocycles. The van der Waals surface area contributed by atoms with Crippen molar-refractivity contribution in [1.82, 2.24) is 4.72 Å². The number of amides is 1. The molecule has 1 spiro atoms. The molecule has 14 heteroatoms. The predicted octanol–water partition coefficient (Wildman–Crippen LogP) is 4.03. The number of halogens is 1. The molecule has 2 N–H and O–H groups in total. The van der Waals surface area contributed by atoms with Crippen molar-refractivity contribution in [2.45, 2.75) is 49.5 Å². The van der Waals surface area contributed by atoms with Crippen molar-refractivity contribution in [3.63, 3.8) is 0 Å². The normalized spacial score (nSPS) is 22.0. The fourth-order valence-electron chi connectivity index (χ4n) is 6.41. The van der Waals surface area contributed by atoms with Gasteiger partial charge in [0.1, 0.15) is 12.4 Å². The van der Waals surface area contributed by atoms with Crippen LogP contribution in [0.1, 0.15) is 48.9 Å². The van der Waals surface area contributed by atoms with Crippen molar-refractivity contribution in [3.05, 3.63) is 50.5 Å². The average molecular weight is 664 g/mol. The molecule has 6 rings (SSSR count). The van der Waals surface area contributed by atoms with Gasteiger partial charge in [-0.2, -0.15) is 0 Å². The van der Waals surface area contributed by atoms with E-state index in [-0.39, 0.29) is 41.0 Å². The second-order valence-electron chi connectivity index (χ2n) is 11.6. The van der Waals surface area contributed by atoms with Crippen LogP contribution in [0.4, 0.5) is 17.1 Å². The molecule has 1 saturated carbocycles. The van der Waals surface area contributed by atoms with Crippen LogP contribution < -0.4 is 19.7 Å². The van der Waals surface area contributed by atoms with E-state index in [0.29, 0.717) is 36.3 Å². The van der Waals surface area contributed by atoms with Crippen LogP contribution in [-0.2, 0) is 19.6 Å².